The van der Waals surface area contributed by atoms with Crippen molar-refractivity contribution in [1.82, 2.24) is 0 Å². The number of fused-ring (bicyclic) bond motifs is 1. The average Bonchev–Trinajstić information content (AvgIpc) is 2.54. The van der Waals surface area contributed by atoms with E-state index in [0.29, 0.717) is 0 Å². The monoisotopic (exact) mass is 252 g/mol. The fourth-order valence-corrected chi connectivity index (χ4v) is 2.41. The van der Waals surface area contributed by atoms with Crippen LogP contribution in [-0.4, -0.2) is 0 Å². The molecule has 0 aliphatic rings. The summed E-state index contributed by atoms with van der Waals surface area (Å²) >= 11 is 3.63. The third kappa shape index (κ3) is 1.13. The predicted molar refractivity (Wildman–Crippen MR) is 62.9 cm³/mol. The minimum absolute atomic E-state index is 1.03. The second-order valence-electron chi connectivity index (χ2n) is 3.81. The fourth-order valence-electron chi connectivity index (χ4n) is 1.91. The van der Waals surface area contributed by atoms with Gasteiger partial charge >= 0.3 is 0 Å². The van der Waals surface area contributed by atoms with Gasteiger partial charge in [-0.25, -0.2) is 0 Å². The molecule has 14 heavy (non-hydrogen) atoms. The Morgan fingerprint density at radius 2 is 1.64 bits per heavy atom. The number of rotatable bonds is 0. The molecule has 0 radical (unpaired) electrons. The van der Waals surface area contributed by atoms with Crippen LogP contribution in [0.5, 0.6) is 0 Å². The maximum atomic E-state index is 5.58. The molecule has 0 spiro atoms. The Morgan fingerprint density at radius 3 is 2.29 bits per heavy atom. The van der Waals surface area contributed by atoms with E-state index < -0.39 is 0 Å². The molecule has 0 amide bonds. The maximum Gasteiger partial charge on any atom is 0.137 e. The van der Waals surface area contributed by atoms with Gasteiger partial charge in [0.25, 0.3) is 0 Å². The molecule has 2 rings (SSSR count). The molecule has 0 bridgehead atoms. The summed E-state index contributed by atoms with van der Waals surface area (Å²) in [6.07, 6.45) is 1.83. The van der Waals surface area contributed by atoms with E-state index in [1.807, 2.05) is 6.26 Å². The summed E-state index contributed by atoms with van der Waals surface area (Å²) in [5.74, 6) is 0. The fraction of sp³-hybridized carbons (Fsp3) is 0.333. The van der Waals surface area contributed by atoms with Crippen LogP contribution in [0, 0.1) is 27.7 Å². The van der Waals surface area contributed by atoms with Gasteiger partial charge in [-0.2, -0.15) is 0 Å². The van der Waals surface area contributed by atoms with Gasteiger partial charge in [0, 0.05) is 9.86 Å². The molecule has 0 saturated heterocycles. The van der Waals surface area contributed by atoms with Gasteiger partial charge in [0.05, 0.1) is 6.26 Å². The molecule has 0 aliphatic heterocycles. The predicted octanol–water partition coefficient (Wildman–Crippen LogP) is 4.43. The second kappa shape index (κ2) is 3.13. The van der Waals surface area contributed by atoms with Crippen molar-refractivity contribution >= 4 is 26.9 Å². The topological polar surface area (TPSA) is 13.1 Å². The van der Waals surface area contributed by atoms with Crippen molar-refractivity contribution in [3.05, 3.63) is 33.0 Å². The molecule has 1 aromatic heterocycles. The summed E-state index contributed by atoms with van der Waals surface area (Å²) in [7, 11) is 0. The molecule has 0 atom stereocenters. The second-order valence-corrected chi connectivity index (χ2v) is 4.60. The van der Waals surface area contributed by atoms with E-state index in [-0.39, 0.29) is 0 Å². The Kier molecular flexibility index (Phi) is 2.18. The summed E-state index contributed by atoms with van der Waals surface area (Å²) in [5.41, 5.74) is 6.01. The zero-order valence-corrected chi connectivity index (χ0v) is 10.4. The first-order valence-corrected chi connectivity index (χ1v) is 5.46. The summed E-state index contributed by atoms with van der Waals surface area (Å²) in [6.45, 7) is 8.43. The van der Waals surface area contributed by atoms with E-state index in [9.17, 15) is 0 Å². The van der Waals surface area contributed by atoms with Gasteiger partial charge in [-0.05, 0) is 49.9 Å². The van der Waals surface area contributed by atoms with Crippen molar-refractivity contribution < 1.29 is 4.42 Å². The highest BCUT2D eigenvalue weighted by Gasteiger charge is 2.14. The van der Waals surface area contributed by atoms with E-state index in [2.05, 4.69) is 43.6 Å². The smallest absolute Gasteiger partial charge is 0.137 e. The van der Waals surface area contributed by atoms with Crippen molar-refractivity contribution in [2.24, 2.45) is 0 Å². The lowest BCUT2D eigenvalue weighted by molar-refractivity contribution is 0.610. The number of furan rings is 1. The molecule has 0 aliphatic carbocycles. The SMILES string of the molecule is Cc1c(Br)c(C)c2c(C)coc2c1C. The molecule has 0 fully saturated rings. The Morgan fingerprint density at radius 1 is 1.00 bits per heavy atom. The normalized spacial score (nSPS) is 11.2. The van der Waals surface area contributed by atoms with Crippen LogP contribution in [0.3, 0.4) is 0 Å². The van der Waals surface area contributed by atoms with Gasteiger partial charge in [0.2, 0.25) is 0 Å². The van der Waals surface area contributed by atoms with E-state index in [1.165, 1.54) is 32.1 Å². The number of hydrogen-bond acceptors (Lipinski definition) is 1. The van der Waals surface area contributed by atoms with Gasteiger partial charge in [0.15, 0.2) is 0 Å². The molecule has 0 unspecified atom stereocenters. The molecule has 2 heteroatoms. The molecule has 74 valence electrons. The van der Waals surface area contributed by atoms with Crippen LogP contribution < -0.4 is 0 Å². The Labute approximate surface area is 92.2 Å². The lowest BCUT2D eigenvalue weighted by Gasteiger charge is -2.08. The molecule has 1 nitrogen and oxygen atoms in total. The highest BCUT2D eigenvalue weighted by Crippen LogP contribution is 2.35. The van der Waals surface area contributed by atoms with Crippen LogP contribution in [0.25, 0.3) is 11.0 Å². The van der Waals surface area contributed by atoms with Crippen molar-refractivity contribution in [3.63, 3.8) is 0 Å². The number of halogens is 1. The summed E-state index contributed by atoms with van der Waals surface area (Å²) in [6, 6.07) is 0. The Balaban J connectivity index is 3.05. The lowest BCUT2D eigenvalue weighted by atomic mass is 10.0. The van der Waals surface area contributed by atoms with Crippen molar-refractivity contribution in [2.75, 3.05) is 0 Å². The van der Waals surface area contributed by atoms with Crippen molar-refractivity contribution in [2.45, 2.75) is 27.7 Å². The lowest BCUT2D eigenvalue weighted by Crippen LogP contribution is -1.89. The standard InChI is InChI=1S/C12H13BrO/c1-6-5-14-12-8(3)7(2)11(13)9(4)10(6)12/h5H,1-4H3. The van der Waals surface area contributed by atoms with Gasteiger partial charge in [0.1, 0.15) is 5.58 Å². The van der Waals surface area contributed by atoms with Gasteiger partial charge in [-0.3, -0.25) is 0 Å². The van der Waals surface area contributed by atoms with Crippen LogP contribution in [0.2, 0.25) is 0 Å². The van der Waals surface area contributed by atoms with Gasteiger partial charge < -0.3 is 4.42 Å². The molecular formula is C12H13BrO. The van der Waals surface area contributed by atoms with Crippen molar-refractivity contribution in [1.29, 1.82) is 0 Å². The highest BCUT2D eigenvalue weighted by molar-refractivity contribution is 9.10. The third-order valence-electron chi connectivity index (χ3n) is 2.91. The van der Waals surface area contributed by atoms with Crippen LogP contribution in [0.4, 0.5) is 0 Å². The van der Waals surface area contributed by atoms with E-state index in [0.717, 1.165) is 5.58 Å². The van der Waals surface area contributed by atoms with E-state index in [4.69, 9.17) is 4.42 Å². The van der Waals surface area contributed by atoms with Gasteiger partial charge in [-0.1, -0.05) is 15.9 Å². The largest absolute Gasteiger partial charge is 0.464 e. The summed E-state index contributed by atoms with van der Waals surface area (Å²) in [5, 5.41) is 1.25. The number of aryl methyl sites for hydroxylation is 3. The maximum absolute atomic E-state index is 5.58. The third-order valence-corrected chi connectivity index (χ3v) is 4.10. The van der Waals surface area contributed by atoms with Crippen LogP contribution in [0.15, 0.2) is 15.2 Å². The zero-order valence-electron chi connectivity index (χ0n) is 8.86. The first-order chi connectivity index (χ1) is 6.54. The summed E-state index contributed by atoms with van der Waals surface area (Å²) < 4.78 is 6.78. The molecule has 1 heterocycles. The van der Waals surface area contributed by atoms with Crippen molar-refractivity contribution in [3.8, 4) is 0 Å². The first kappa shape index (κ1) is 9.78. The minimum atomic E-state index is 1.03. The number of benzene rings is 1. The van der Waals surface area contributed by atoms with E-state index in [1.54, 1.807) is 0 Å². The minimum Gasteiger partial charge on any atom is -0.464 e. The van der Waals surface area contributed by atoms with Gasteiger partial charge in [-0.15, -0.1) is 0 Å². The summed E-state index contributed by atoms with van der Waals surface area (Å²) in [4.78, 5) is 0. The molecule has 0 N–H and O–H groups in total. The first-order valence-electron chi connectivity index (χ1n) is 4.67. The Bertz CT molecular complexity index is 509. The van der Waals surface area contributed by atoms with E-state index >= 15 is 0 Å². The molecule has 2 aromatic rings. The molecule has 1 aromatic carbocycles. The zero-order chi connectivity index (χ0) is 10.5. The highest BCUT2D eigenvalue weighted by atomic mass is 79.9. The Hall–Kier alpha value is -0.760. The van der Waals surface area contributed by atoms with Crippen LogP contribution in [-0.2, 0) is 0 Å². The molecule has 0 saturated carbocycles. The van der Waals surface area contributed by atoms with Crippen LogP contribution >= 0.6 is 15.9 Å². The number of hydrogen-bond donors (Lipinski definition) is 0. The van der Waals surface area contributed by atoms with Crippen LogP contribution in [0.1, 0.15) is 22.3 Å². The molecular weight excluding hydrogens is 240 g/mol. The average molecular weight is 253 g/mol. The quantitative estimate of drug-likeness (QED) is 0.676.